The number of nitrogens with zero attached hydrogens (tertiary/aromatic N) is 6. The number of carbonyl (C=O) groups is 1. The van der Waals surface area contributed by atoms with Crippen LogP contribution in [0.2, 0.25) is 0 Å². The number of methoxy groups -OCH3 is 2. The Bertz CT molecular complexity index is 1590. The number of hydrogen-bond acceptors (Lipinski definition) is 9. The third kappa shape index (κ3) is 6.05. The number of carbonyl (C=O) groups excluding carboxylic acids is 1. The molecular weight excluding hydrogens is 519 g/mol. The van der Waals surface area contributed by atoms with Gasteiger partial charge in [0.15, 0.2) is 11.6 Å². The van der Waals surface area contributed by atoms with Gasteiger partial charge in [0, 0.05) is 36.6 Å². The standard InChI is InChI=1S/C25H24F3N7O4/c1-13-18(11-35(33-13)10-15(36)8-25(26,27)28)19-9-30-23(29)22(31-19)20-12-34(2)24(37)21(32-20)14-5-16(38-3)7-17(6-14)39-4/h5-7,9,11-12H,8,10H2,1-4H3,(H2,29,30). The summed E-state index contributed by atoms with van der Waals surface area (Å²) in [6, 6.07) is 4.93. The smallest absolute Gasteiger partial charge is 0.395 e. The summed E-state index contributed by atoms with van der Waals surface area (Å²) in [5, 5.41) is 4.14. The van der Waals surface area contributed by atoms with Crippen LogP contribution in [0.4, 0.5) is 19.0 Å². The van der Waals surface area contributed by atoms with Crippen LogP contribution in [0.25, 0.3) is 33.9 Å². The van der Waals surface area contributed by atoms with Crippen LogP contribution in [0.1, 0.15) is 12.1 Å². The van der Waals surface area contributed by atoms with Crippen LogP contribution in [0.5, 0.6) is 11.5 Å². The van der Waals surface area contributed by atoms with Crippen molar-refractivity contribution in [2.24, 2.45) is 7.05 Å². The van der Waals surface area contributed by atoms with E-state index in [0.29, 0.717) is 34.0 Å². The molecule has 0 aliphatic carbocycles. The minimum atomic E-state index is -4.60. The Morgan fingerprint density at radius 1 is 1.03 bits per heavy atom. The zero-order chi connectivity index (χ0) is 28.5. The Hall–Kier alpha value is -4.75. The van der Waals surface area contributed by atoms with Gasteiger partial charge in [-0.05, 0) is 19.1 Å². The molecule has 14 heteroatoms. The topological polar surface area (TPSA) is 140 Å². The Balaban J connectivity index is 1.76. The first-order chi connectivity index (χ1) is 18.4. The molecule has 204 valence electrons. The van der Waals surface area contributed by atoms with E-state index in [9.17, 15) is 22.8 Å². The van der Waals surface area contributed by atoms with Crippen LogP contribution in [0.15, 0.2) is 41.6 Å². The Kier molecular flexibility index (Phi) is 7.38. The van der Waals surface area contributed by atoms with Gasteiger partial charge in [0.1, 0.15) is 35.0 Å². The Morgan fingerprint density at radius 3 is 2.28 bits per heavy atom. The summed E-state index contributed by atoms with van der Waals surface area (Å²) in [6.45, 7) is 1.07. The van der Waals surface area contributed by atoms with Gasteiger partial charge in [-0.3, -0.25) is 14.3 Å². The molecule has 0 fully saturated rings. The van der Waals surface area contributed by atoms with Gasteiger partial charge in [-0.25, -0.2) is 15.0 Å². The van der Waals surface area contributed by atoms with E-state index in [0.717, 1.165) is 4.68 Å². The minimum Gasteiger partial charge on any atom is -0.497 e. The fourth-order valence-electron chi connectivity index (χ4n) is 3.88. The molecule has 0 unspecified atom stereocenters. The number of anilines is 1. The van der Waals surface area contributed by atoms with E-state index in [1.807, 2.05) is 0 Å². The molecule has 0 saturated heterocycles. The molecule has 2 N–H and O–H groups in total. The van der Waals surface area contributed by atoms with Crippen molar-refractivity contribution in [2.75, 3.05) is 20.0 Å². The number of aromatic nitrogens is 6. The van der Waals surface area contributed by atoms with Crippen LogP contribution in [-0.2, 0) is 18.4 Å². The Morgan fingerprint density at radius 2 is 1.67 bits per heavy atom. The molecule has 4 rings (SSSR count). The van der Waals surface area contributed by atoms with Gasteiger partial charge in [0.25, 0.3) is 5.56 Å². The molecule has 0 spiro atoms. The van der Waals surface area contributed by atoms with E-state index in [4.69, 9.17) is 15.2 Å². The molecular formula is C25H24F3N7O4. The summed E-state index contributed by atoms with van der Waals surface area (Å²) in [4.78, 5) is 38.1. The number of nitrogens with two attached hydrogens (primary N) is 1. The molecule has 0 atom stereocenters. The predicted molar refractivity (Wildman–Crippen MR) is 135 cm³/mol. The van der Waals surface area contributed by atoms with Crippen molar-refractivity contribution < 1.29 is 27.4 Å². The predicted octanol–water partition coefficient (Wildman–Crippen LogP) is 3.20. The van der Waals surface area contributed by atoms with Crippen LogP contribution >= 0.6 is 0 Å². The van der Waals surface area contributed by atoms with E-state index in [-0.39, 0.29) is 22.9 Å². The quantitative estimate of drug-likeness (QED) is 0.355. The lowest BCUT2D eigenvalue weighted by Gasteiger charge is -2.12. The maximum absolute atomic E-state index is 13.0. The molecule has 0 saturated carbocycles. The largest absolute Gasteiger partial charge is 0.497 e. The molecule has 0 bridgehead atoms. The molecule has 1 aromatic carbocycles. The van der Waals surface area contributed by atoms with Crippen LogP contribution in [0.3, 0.4) is 0 Å². The van der Waals surface area contributed by atoms with E-state index in [1.54, 1.807) is 32.2 Å². The van der Waals surface area contributed by atoms with Crippen LogP contribution < -0.4 is 20.8 Å². The molecule has 11 nitrogen and oxygen atoms in total. The average molecular weight is 544 g/mol. The number of nitrogen functional groups attached to an aromatic ring is 1. The zero-order valence-corrected chi connectivity index (χ0v) is 21.4. The van der Waals surface area contributed by atoms with Crippen molar-refractivity contribution in [1.82, 2.24) is 29.3 Å². The lowest BCUT2D eigenvalue weighted by molar-refractivity contribution is -0.152. The van der Waals surface area contributed by atoms with E-state index in [1.165, 1.54) is 37.4 Å². The first kappa shape index (κ1) is 27.3. The normalized spacial score (nSPS) is 11.5. The first-order valence-corrected chi connectivity index (χ1v) is 11.5. The number of hydrogen-bond donors (Lipinski definition) is 1. The lowest BCUT2D eigenvalue weighted by Crippen LogP contribution is -2.20. The number of ketones is 1. The lowest BCUT2D eigenvalue weighted by atomic mass is 10.1. The second-order valence-corrected chi connectivity index (χ2v) is 8.64. The average Bonchev–Trinajstić information content (AvgIpc) is 3.23. The van der Waals surface area contributed by atoms with Gasteiger partial charge in [0.05, 0.1) is 38.3 Å². The summed E-state index contributed by atoms with van der Waals surface area (Å²) < 4.78 is 50.7. The van der Waals surface area contributed by atoms with Gasteiger partial charge in [-0.1, -0.05) is 0 Å². The highest BCUT2D eigenvalue weighted by atomic mass is 19.4. The van der Waals surface area contributed by atoms with Crippen molar-refractivity contribution in [1.29, 1.82) is 0 Å². The number of alkyl halides is 3. The number of benzene rings is 1. The van der Waals surface area contributed by atoms with Crippen molar-refractivity contribution in [3.63, 3.8) is 0 Å². The number of Topliss-reactive ketones (excluding diaryl/α,β-unsaturated/α-hetero) is 1. The van der Waals surface area contributed by atoms with Gasteiger partial charge in [0.2, 0.25) is 0 Å². The number of halogens is 3. The highest BCUT2D eigenvalue weighted by Crippen LogP contribution is 2.30. The SMILES string of the molecule is COc1cc(OC)cc(-c2nc(-c3nc(-c4cn(CC(=O)CC(F)(F)F)nc4C)cnc3N)cn(C)c2=O)c1. The summed E-state index contributed by atoms with van der Waals surface area (Å²) in [6.07, 6.45) is -1.90. The molecule has 0 aliphatic heterocycles. The highest BCUT2D eigenvalue weighted by molar-refractivity contribution is 5.79. The van der Waals surface area contributed by atoms with Crippen molar-refractivity contribution in [2.45, 2.75) is 26.1 Å². The fraction of sp³-hybridized carbons (Fsp3) is 0.280. The van der Waals surface area contributed by atoms with Crippen LogP contribution in [0, 0.1) is 6.92 Å². The molecule has 0 aliphatic rings. The summed E-state index contributed by atoms with van der Waals surface area (Å²) in [5.41, 5.74) is 7.82. The Labute approximate surface area is 220 Å². The number of rotatable bonds is 8. The van der Waals surface area contributed by atoms with Gasteiger partial charge >= 0.3 is 6.18 Å². The molecule has 39 heavy (non-hydrogen) atoms. The minimum absolute atomic E-state index is 0.0319. The second kappa shape index (κ2) is 10.6. The number of ether oxygens (including phenoxy) is 2. The van der Waals surface area contributed by atoms with Crippen molar-refractivity contribution in [3.8, 4) is 45.4 Å². The summed E-state index contributed by atoms with van der Waals surface area (Å²) >= 11 is 0. The van der Waals surface area contributed by atoms with Gasteiger partial charge in [-0.15, -0.1) is 0 Å². The van der Waals surface area contributed by atoms with E-state index >= 15 is 0 Å². The molecule has 0 radical (unpaired) electrons. The van der Waals surface area contributed by atoms with E-state index in [2.05, 4.69) is 20.1 Å². The maximum Gasteiger partial charge on any atom is 0.395 e. The summed E-state index contributed by atoms with van der Waals surface area (Å²) in [5.74, 6) is -0.0802. The third-order valence-corrected chi connectivity index (χ3v) is 5.70. The molecule has 0 amide bonds. The van der Waals surface area contributed by atoms with Crippen molar-refractivity contribution in [3.05, 3.63) is 52.8 Å². The van der Waals surface area contributed by atoms with E-state index < -0.39 is 30.5 Å². The molecule has 3 aromatic heterocycles. The van der Waals surface area contributed by atoms with Gasteiger partial charge in [-0.2, -0.15) is 18.3 Å². The molecule has 3 heterocycles. The first-order valence-electron chi connectivity index (χ1n) is 11.5. The summed E-state index contributed by atoms with van der Waals surface area (Å²) in [7, 11) is 4.52. The zero-order valence-electron chi connectivity index (χ0n) is 21.4. The second-order valence-electron chi connectivity index (χ2n) is 8.64. The number of aryl methyl sites for hydroxylation is 2. The maximum atomic E-state index is 13.0. The van der Waals surface area contributed by atoms with Gasteiger partial charge < -0.3 is 19.8 Å². The monoisotopic (exact) mass is 543 g/mol. The third-order valence-electron chi connectivity index (χ3n) is 5.70. The van der Waals surface area contributed by atoms with Crippen molar-refractivity contribution >= 4 is 11.6 Å². The van der Waals surface area contributed by atoms with Crippen LogP contribution in [-0.4, -0.2) is 55.5 Å². The fourth-order valence-corrected chi connectivity index (χ4v) is 3.88. The highest BCUT2D eigenvalue weighted by Gasteiger charge is 2.31. The molecule has 4 aromatic rings.